The number of nitrogens with one attached hydrogen (secondary N) is 1. The molecule has 0 saturated heterocycles. The minimum atomic E-state index is 0.194. The van der Waals surface area contributed by atoms with Gasteiger partial charge in [-0.3, -0.25) is 0 Å². The van der Waals surface area contributed by atoms with E-state index in [0.29, 0.717) is 4.77 Å². The Labute approximate surface area is 73.1 Å². The molecule has 0 bridgehead atoms. The highest BCUT2D eigenvalue weighted by Crippen LogP contribution is 1.73. The third-order valence-electron chi connectivity index (χ3n) is 0.617. The fourth-order valence-electron chi connectivity index (χ4n) is 0.242. The molecule has 1 rings (SSSR count). The average Bonchev–Trinajstić information content (AvgIpc) is 2.19. The number of H-pyrrole nitrogens is 1. The van der Waals surface area contributed by atoms with Gasteiger partial charge in [0.25, 0.3) is 0 Å². The average molecular weight is 201 g/mol. The molecule has 0 atom stereocenters. The molecule has 4 nitrogen and oxygen atoms in total. The summed E-state index contributed by atoms with van der Waals surface area (Å²) in [6, 6.07) is 0. The van der Waals surface area contributed by atoms with Crippen LogP contribution in [0.15, 0.2) is 0 Å². The van der Waals surface area contributed by atoms with Gasteiger partial charge in [0, 0.05) is 7.05 Å². The number of aryl methyl sites for hydroxylation is 1. The SMILES string of the molecule is ClCCl.Cn1[nH]nnc1=S. The zero-order valence-corrected chi connectivity index (χ0v) is 7.54. The van der Waals surface area contributed by atoms with Gasteiger partial charge in [-0.15, -0.1) is 23.2 Å². The Balaban J connectivity index is 0.000000236. The van der Waals surface area contributed by atoms with Crippen LogP contribution in [0.2, 0.25) is 0 Å². The van der Waals surface area contributed by atoms with E-state index in [1.54, 1.807) is 11.7 Å². The summed E-state index contributed by atoms with van der Waals surface area (Å²) in [4.78, 5) is 0. The number of hydrogen-bond donors (Lipinski definition) is 1. The van der Waals surface area contributed by atoms with Gasteiger partial charge in [-0.1, -0.05) is 10.3 Å². The van der Waals surface area contributed by atoms with Crippen LogP contribution in [-0.4, -0.2) is 25.5 Å². The largest absolute Gasteiger partial charge is 0.246 e. The quantitative estimate of drug-likeness (QED) is 0.508. The van der Waals surface area contributed by atoms with Crippen LogP contribution >= 0.6 is 35.4 Å². The Morgan fingerprint density at radius 3 is 2.30 bits per heavy atom. The molecule has 58 valence electrons. The predicted molar refractivity (Wildman–Crippen MR) is 42.8 cm³/mol. The topological polar surface area (TPSA) is 46.5 Å². The van der Waals surface area contributed by atoms with Crippen LogP contribution < -0.4 is 0 Å². The van der Waals surface area contributed by atoms with Gasteiger partial charge in [0.2, 0.25) is 4.77 Å². The van der Waals surface area contributed by atoms with Crippen molar-refractivity contribution in [2.24, 2.45) is 7.05 Å². The second-order valence-corrected chi connectivity index (χ2v) is 2.42. The number of aromatic nitrogens is 4. The van der Waals surface area contributed by atoms with Crippen molar-refractivity contribution in [1.29, 1.82) is 0 Å². The first-order chi connectivity index (χ1) is 4.72. The predicted octanol–water partition coefficient (Wildman–Crippen LogP) is 1.29. The van der Waals surface area contributed by atoms with Crippen molar-refractivity contribution in [3.63, 3.8) is 0 Å². The van der Waals surface area contributed by atoms with Gasteiger partial charge in [-0.05, 0) is 12.2 Å². The summed E-state index contributed by atoms with van der Waals surface area (Å²) in [5, 5.41) is 9.61. The Morgan fingerprint density at radius 2 is 2.20 bits per heavy atom. The smallest absolute Gasteiger partial charge is 0.237 e. The molecule has 0 aliphatic heterocycles. The summed E-state index contributed by atoms with van der Waals surface area (Å²) in [6.07, 6.45) is 0. The van der Waals surface area contributed by atoms with E-state index in [9.17, 15) is 0 Å². The van der Waals surface area contributed by atoms with E-state index in [1.165, 1.54) is 0 Å². The van der Waals surface area contributed by atoms with Crippen LogP contribution in [0, 0.1) is 4.77 Å². The molecule has 0 saturated carbocycles. The molecule has 0 radical (unpaired) electrons. The molecule has 1 heterocycles. The van der Waals surface area contributed by atoms with Crippen molar-refractivity contribution in [2.45, 2.75) is 0 Å². The molecule has 0 spiro atoms. The van der Waals surface area contributed by atoms with Gasteiger partial charge in [-0.25, -0.2) is 4.68 Å². The zero-order valence-electron chi connectivity index (χ0n) is 5.21. The van der Waals surface area contributed by atoms with E-state index < -0.39 is 0 Å². The number of nitrogens with zero attached hydrogens (tertiary/aromatic N) is 3. The lowest BCUT2D eigenvalue weighted by Crippen LogP contribution is -1.88. The van der Waals surface area contributed by atoms with Gasteiger partial charge < -0.3 is 0 Å². The molecule has 0 aromatic carbocycles. The molecule has 1 N–H and O–H groups in total. The Kier molecular flexibility index (Phi) is 5.57. The van der Waals surface area contributed by atoms with Crippen molar-refractivity contribution in [1.82, 2.24) is 20.2 Å². The van der Waals surface area contributed by atoms with Gasteiger partial charge in [-0.2, -0.15) is 5.21 Å². The fraction of sp³-hybridized carbons (Fsp3) is 0.667. The third-order valence-corrected chi connectivity index (χ3v) is 0.973. The van der Waals surface area contributed by atoms with Crippen LogP contribution in [0.25, 0.3) is 0 Å². The highest BCUT2D eigenvalue weighted by molar-refractivity contribution is 7.71. The van der Waals surface area contributed by atoms with E-state index in [2.05, 4.69) is 27.7 Å². The van der Waals surface area contributed by atoms with E-state index in [4.69, 9.17) is 23.2 Å². The molecule has 10 heavy (non-hydrogen) atoms. The summed E-state index contributed by atoms with van der Waals surface area (Å²) >= 11 is 14.2. The van der Waals surface area contributed by atoms with Gasteiger partial charge in [0.15, 0.2) is 0 Å². The molecule has 0 fully saturated rings. The number of tetrazole rings is 1. The van der Waals surface area contributed by atoms with Crippen molar-refractivity contribution in [3.05, 3.63) is 4.77 Å². The second kappa shape index (κ2) is 5.64. The first-order valence-corrected chi connectivity index (χ1v) is 3.76. The first-order valence-electron chi connectivity index (χ1n) is 2.28. The first kappa shape index (κ1) is 9.87. The minimum Gasteiger partial charge on any atom is -0.246 e. The molecule has 1 aromatic rings. The van der Waals surface area contributed by atoms with Crippen molar-refractivity contribution in [3.8, 4) is 0 Å². The highest BCUT2D eigenvalue weighted by Gasteiger charge is 1.79. The lowest BCUT2D eigenvalue weighted by atomic mass is 11.2. The van der Waals surface area contributed by atoms with Crippen LogP contribution in [0.3, 0.4) is 0 Å². The summed E-state index contributed by atoms with van der Waals surface area (Å²) in [5.41, 5.74) is 0. The number of rotatable bonds is 0. The number of alkyl halides is 2. The van der Waals surface area contributed by atoms with Crippen molar-refractivity contribution in [2.75, 3.05) is 5.34 Å². The lowest BCUT2D eigenvalue weighted by molar-refractivity contribution is 0.705. The van der Waals surface area contributed by atoms with Crippen LogP contribution in [0.5, 0.6) is 0 Å². The molecular weight excluding hydrogens is 195 g/mol. The molecule has 0 unspecified atom stereocenters. The Bertz CT molecular complexity index is 218. The normalized spacial score (nSPS) is 8.30. The maximum atomic E-state index is 4.76. The van der Waals surface area contributed by atoms with Gasteiger partial charge in [0.1, 0.15) is 0 Å². The summed E-state index contributed by atoms with van der Waals surface area (Å²) in [5.74, 6) is 0. The van der Waals surface area contributed by atoms with Crippen LogP contribution in [0.4, 0.5) is 0 Å². The monoisotopic (exact) mass is 200 g/mol. The van der Waals surface area contributed by atoms with Crippen molar-refractivity contribution < 1.29 is 0 Å². The molecule has 0 aliphatic carbocycles. The number of halogens is 2. The highest BCUT2D eigenvalue weighted by atomic mass is 35.5. The van der Waals surface area contributed by atoms with Crippen molar-refractivity contribution >= 4 is 35.4 Å². The lowest BCUT2D eigenvalue weighted by Gasteiger charge is -1.77. The summed E-state index contributed by atoms with van der Waals surface area (Å²) in [7, 11) is 1.75. The van der Waals surface area contributed by atoms with Crippen LogP contribution in [0.1, 0.15) is 0 Å². The molecule has 0 amide bonds. The maximum absolute atomic E-state index is 4.76. The summed E-state index contributed by atoms with van der Waals surface area (Å²) in [6.45, 7) is 0. The molecule has 0 aliphatic rings. The number of aromatic amines is 1. The third kappa shape index (κ3) is 3.81. The zero-order chi connectivity index (χ0) is 7.98. The summed E-state index contributed by atoms with van der Waals surface area (Å²) < 4.78 is 2.02. The minimum absolute atomic E-state index is 0.194. The van der Waals surface area contributed by atoms with E-state index in [-0.39, 0.29) is 5.34 Å². The molecular formula is C3H6Cl2N4S. The van der Waals surface area contributed by atoms with Crippen LogP contribution in [-0.2, 0) is 7.05 Å². The number of hydrogen-bond acceptors (Lipinski definition) is 3. The standard InChI is InChI=1S/C2H4N4S.CH2Cl2/c1-6-2(7)3-4-5-6;2-1-3/h1H3,(H,3,5,7);1H2. The molecule has 1 aromatic heterocycles. The van der Waals surface area contributed by atoms with Gasteiger partial charge >= 0.3 is 0 Å². The second-order valence-electron chi connectivity index (χ2n) is 1.24. The Morgan fingerprint density at radius 1 is 1.70 bits per heavy atom. The maximum Gasteiger partial charge on any atom is 0.237 e. The van der Waals surface area contributed by atoms with E-state index >= 15 is 0 Å². The van der Waals surface area contributed by atoms with Gasteiger partial charge in [0.05, 0.1) is 5.34 Å². The fourth-order valence-corrected chi connectivity index (χ4v) is 0.324. The Hall–Kier alpha value is -0.130. The van der Waals surface area contributed by atoms with E-state index in [1.807, 2.05) is 0 Å². The molecule has 7 heteroatoms. The van der Waals surface area contributed by atoms with E-state index in [0.717, 1.165) is 0 Å².